The molecule has 10 nitrogen and oxygen atoms in total. The molecule has 0 aliphatic heterocycles. The Balaban J connectivity index is 1.32. The topological polar surface area (TPSA) is 134 Å². The molecule has 0 spiro atoms. The minimum atomic E-state index is -0.676. The summed E-state index contributed by atoms with van der Waals surface area (Å²) in [6.07, 6.45) is 5.95. The number of halogens is 2. The molecule has 0 fully saturated rings. The molecule has 2 aromatic carbocycles. The molecule has 0 aliphatic rings. The lowest BCUT2D eigenvalue weighted by atomic mass is 10.1. The summed E-state index contributed by atoms with van der Waals surface area (Å²) < 4.78 is 31.7. The smallest absolute Gasteiger partial charge is 0.243 e. The number of anilines is 2. The van der Waals surface area contributed by atoms with Crippen LogP contribution in [0.3, 0.4) is 0 Å². The van der Waals surface area contributed by atoms with E-state index in [0.29, 0.717) is 30.0 Å². The fourth-order valence-corrected chi connectivity index (χ4v) is 4.99. The fraction of sp³-hybridized carbons (Fsp3) is 0.387. The predicted octanol–water partition coefficient (Wildman–Crippen LogP) is 5.91. The Labute approximate surface area is 248 Å². The standard InChI is InChI=1S/C31H37F2N7O3/c1-19(2)40-20(3)36-30-24(32)16-22(17-26(30)40)29-25(33)18-35-31(38-29)37-23-12-10-21(11-13-23)15-28(42)34-14-8-6-4-5-7-9-27(41)39-43/h10-13,16-19,43H,4-9,14-15H2,1-3H3,(H,34,42)(H,39,41)(H,35,37,38). The van der Waals surface area contributed by atoms with Crippen LogP contribution in [0.1, 0.15) is 69.8 Å². The van der Waals surface area contributed by atoms with Crippen LogP contribution in [0.15, 0.2) is 42.6 Å². The lowest BCUT2D eigenvalue weighted by molar-refractivity contribution is -0.129. The molecule has 2 amide bonds. The highest BCUT2D eigenvalue weighted by Gasteiger charge is 2.18. The van der Waals surface area contributed by atoms with E-state index in [-0.39, 0.29) is 47.0 Å². The van der Waals surface area contributed by atoms with Crippen LogP contribution in [-0.2, 0) is 16.0 Å². The summed E-state index contributed by atoms with van der Waals surface area (Å²) >= 11 is 0. The van der Waals surface area contributed by atoms with Crippen molar-refractivity contribution in [2.45, 2.75) is 71.8 Å². The van der Waals surface area contributed by atoms with E-state index < -0.39 is 11.6 Å². The van der Waals surface area contributed by atoms with E-state index in [1.807, 2.05) is 30.5 Å². The fourth-order valence-electron chi connectivity index (χ4n) is 4.99. The zero-order chi connectivity index (χ0) is 30.9. The number of carbonyl (C=O) groups is 2. The number of benzene rings is 2. The van der Waals surface area contributed by atoms with Gasteiger partial charge in [-0.3, -0.25) is 14.8 Å². The van der Waals surface area contributed by atoms with Crippen molar-refractivity contribution in [3.8, 4) is 11.3 Å². The second-order valence-corrected chi connectivity index (χ2v) is 10.7. The largest absolute Gasteiger partial charge is 0.356 e. The monoisotopic (exact) mass is 593 g/mol. The van der Waals surface area contributed by atoms with Crippen molar-refractivity contribution >= 4 is 34.5 Å². The maximum Gasteiger partial charge on any atom is 0.243 e. The normalized spacial score (nSPS) is 11.2. The van der Waals surface area contributed by atoms with Gasteiger partial charge >= 0.3 is 0 Å². The number of aryl methyl sites for hydroxylation is 1. The lowest BCUT2D eigenvalue weighted by Crippen LogP contribution is -2.26. The highest BCUT2D eigenvalue weighted by atomic mass is 19.1. The summed E-state index contributed by atoms with van der Waals surface area (Å²) in [7, 11) is 0. The first-order valence-electron chi connectivity index (χ1n) is 14.4. The molecule has 0 unspecified atom stereocenters. The number of nitrogens with zero attached hydrogens (tertiary/aromatic N) is 4. The number of hydrogen-bond acceptors (Lipinski definition) is 7. The van der Waals surface area contributed by atoms with Crippen LogP contribution in [0, 0.1) is 18.6 Å². The van der Waals surface area contributed by atoms with Gasteiger partial charge < -0.3 is 15.2 Å². The number of unbranched alkanes of at least 4 members (excludes halogenated alkanes) is 4. The van der Waals surface area contributed by atoms with Crippen LogP contribution in [0.5, 0.6) is 0 Å². The van der Waals surface area contributed by atoms with Crippen LogP contribution in [0.25, 0.3) is 22.3 Å². The predicted molar refractivity (Wildman–Crippen MR) is 160 cm³/mol. The number of fused-ring (bicyclic) bond motifs is 1. The molecular weight excluding hydrogens is 556 g/mol. The first kappa shape index (κ1) is 31.5. The van der Waals surface area contributed by atoms with E-state index in [4.69, 9.17) is 5.21 Å². The molecule has 4 N–H and O–H groups in total. The molecule has 0 radical (unpaired) electrons. The third-order valence-corrected chi connectivity index (χ3v) is 7.06. The number of imidazole rings is 1. The van der Waals surface area contributed by atoms with E-state index >= 15 is 0 Å². The first-order chi connectivity index (χ1) is 20.7. The highest BCUT2D eigenvalue weighted by Crippen LogP contribution is 2.30. The summed E-state index contributed by atoms with van der Waals surface area (Å²) in [6, 6.07) is 10.1. The summed E-state index contributed by atoms with van der Waals surface area (Å²) in [4.78, 5) is 36.0. The van der Waals surface area contributed by atoms with Gasteiger partial charge in [0.1, 0.15) is 17.0 Å². The van der Waals surface area contributed by atoms with Crippen molar-refractivity contribution in [3.63, 3.8) is 0 Å². The van der Waals surface area contributed by atoms with E-state index in [1.165, 1.54) is 6.07 Å². The molecule has 0 saturated carbocycles. The first-order valence-corrected chi connectivity index (χ1v) is 14.4. The second kappa shape index (κ2) is 14.6. The van der Waals surface area contributed by atoms with Crippen molar-refractivity contribution in [3.05, 3.63) is 65.6 Å². The maximum atomic E-state index is 15.0. The van der Waals surface area contributed by atoms with Crippen LogP contribution in [0.4, 0.5) is 20.4 Å². The third-order valence-electron chi connectivity index (χ3n) is 7.06. The Bertz CT molecular complexity index is 1570. The van der Waals surface area contributed by atoms with Gasteiger partial charge in [-0.1, -0.05) is 31.4 Å². The lowest BCUT2D eigenvalue weighted by Gasteiger charge is -2.12. The molecule has 228 valence electrons. The molecule has 4 rings (SSSR count). The third kappa shape index (κ3) is 8.31. The van der Waals surface area contributed by atoms with E-state index in [9.17, 15) is 18.4 Å². The Morgan fingerprint density at radius 1 is 0.953 bits per heavy atom. The van der Waals surface area contributed by atoms with Gasteiger partial charge in [-0.05, 0) is 63.4 Å². The molecule has 0 saturated heterocycles. The SMILES string of the molecule is Cc1nc2c(F)cc(-c3nc(Nc4ccc(CC(=O)NCCCCCCCC(=O)NO)cc4)ncc3F)cc2n1C(C)C. The minimum absolute atomic E-state index is 0.0325. The Hall–Kier alpha value is -4.45. The molecule has 4 aromatic rings. The molecule has 0 bridgehead atoms. The van der Waals surface area contributed by atoms with Gasteiger partial charge in [0.2, 0.25) is 17.8 Å². The molecular formula is C31H37F2N7O3. The average Bonchev–Trinajstić information content (AvgIpc) is 3.32. The number of nitrogens with one attached hydrogen (secondary N) is 3. The van der Waals surface area contributed by atoms with E-state index in [1.54, 1.807) is 30.6 Å². The number of amides is 2. The Morgan fingerprint density at radius 3 is 2.40 bits per heavy atom. The van der Waals surface area contributed by atoms with E-state index in [2.05, 4.69) is 25.6 Å². The minimum Gasteiger partial charge on any atom is -0.356 e. The van der Waals surface area contributed by atoms with Crippen LogP contribution in [-0.4, -0.2) is 43.1 Å². The van der Waals surface area contributed by atoms with Crippen molar-refractivity contribution in [2.24, 2.45) is 0 Å². The van der Waals surface area contributed by atoms with Gasteiger partial charge in [-0.25, -0.2) is 29.2 Å². The van der Waals surface area contributed by atoms with Crippen LogP contribution >= 0.6 is 0 Å². The highest BCUT2D eigenvalue weighted by molar-refractivity contribution is 5.83. The van der Waals surface area contributed by atoms with Gasteiger partial charge in [0.15, 0.2) is 11.6 Å². The zero-order valence-corrected chi connectivity index (χ0v) is 24.6. The molecule has 2 aromatic heterocycles. The van der Waals surface area contributed by atoms with Crippen LogP contribution in [0.2, 0.25) is 0 Å². The summed E-state index contributed by atoms with van der Waals surface area (Å²) in [5.41, 5.74) is 4.14. The van der Waals surface area contributed by atoms with Crippen molar-refractivity contribution in [2.75, 3.05) is 11.9 Å². The van der Waals surface area contributed by atoms with Gasteiger partial charge in [-0.15, -0.1) is 0 Å². The number of aromatic nitrogens is 4. The summed E-state index contributed by atoms with van der Waals surface area (Å²) in [5, 5.41) is 14.4. The number of carbonyl (C=O) groups excluding carboxylic acids is 2. The Morgan fingerprint density at radius 2 is 1.67 bits per heavy atom. The number of hydrogen-bond donors (Lipinski definition) is 4. The van der Waals surface area contributed by atoms with Gasteiger partial charge in [-0.2, -0.15) is 0 Å². The van der Waals surface area contributed by atoms with Crippen molar-refractivity contribution < 1.29 is 23.6 Å². The Kier molecular flexibility index (Phi) is 10.7. The average molecular weight is 594 g/mol. The molecule has 2 heterocycles. The number of rotatable bonds is 14. The van der Waals surface area contributed by atoms with Crippen molar-refractivity contribution in [1.82, 2.24) is 30.3 Å². The zero-order valence-electron chi connectivity index (χ0n) is 24.6. The molecule has 12 heteroatoms. The summed E-state index contributed by atoms with van der Waals surface area (Å²) in [5.74, 6) is -0.864. The molecule has 0 aliphatic carbocycles. The van der Waals surface area contributed by atoms with Gasteiger partial charge in [0.25, 0.3) is 0 Å². The van der Waals surface area contributed by atoms with Crippen molar-refractivity contribution in [1.29, 1.82) is 0 Å². The number of hydroxylamine groups is 1. The quantitative estimate of drug-likeness (QED) is 0.0811. The molecule has 0 atom stereocenters. The second-order valence-electron chi connectivity index (χ2n) is 10.7. The molecule has 43 heavy (non-hydrogen) atoms. The van der Waals surface area contributed by atoms with E-state index in [0.717, 1.165) is 43.9 Å². The van der Waals surface area contributed by atoms with Gasteiger partial charge in [0.05, 0.1) is 18.1 Å². The summed E-state index contributed by atoms with van der Waals surface area (Å²) in [6.45, 7) is 6.33. The van der Waals surface area contributed by atoms with Gasteiger partial charge in [0, 0.05) is 30.3 Å². The van der Waals surface area contributed by atoms with Crippen LogP contribution < -0.4 is 16.1 Å². The maximum absolute atomic E-state index is 15.0.